The number of nitrogens with two attached hydrogens (primary N) is 1. The fraction of sp³-hybridized carbons (Fsp3) is 0.125. The highest BCUT2D eigenvalue weighted by molar-refractivity contribution is 5.84. The minimum Gasteiger partial charge on any atom is -0.456 e. The average molecular weight is 384 g/mol. The molecule has 4 aromatic rings. The van der Waals surface area contributed by atoms with Crippen molar-refractivity contribution in [1.82, 2.24) is 4.98 Å². The molecular weight excluding hydrogens is 364 g/mol. The van der Waals surface area contributed by atoms with E-state index in [1.807, 2.05) is 79.0 Å². The Morgan fingerprint density at radius 3 is 2.31 bits per heavy atom. The summed E-state index contributed by atoms with van der Waals surface area (Å²) in [6, 6.07) is 22.4. The first kappa shape index (κ1) is 17.5. The number of fused-ring (bicyclic) bond motifs is 3. The summed E-state index contributed by atoms with van der Waals surface area (Å²) in [6.07, 6.45) is 1.75. The lowest BCUT2D eigenvalue weighted by atomic mass is 9.97. The molecule has 3 N–H and O–H groups in total. The van der Waals surface area contributed by atoms with E-state index in [4.69, 9.17) is 15.2 Å². The molecule has 29 heavy (non-hydrogen) atoms. The summed E-state index contributed by atoms with van der Waals surface area (Å²) < 4.78 is 11.9. The third kappa shape index (κ3) is 3.15. The van der Waals surface area contributed by atoms with E-state index in [9.17, 15) is 4.79 Å². The number of H-pyrrole nitrogens is 1. The first-order valence-corrected chi connectivity index (χ1v) is 9.57. The van der Waals surface area contributed by atoms with Gasteiger partial charge in [0.2, 0.25) is 0 Å². The van der Waals surface area contributed by atoms with Crippen LogP contribution in [0.15, 0.2) is 79.0 Å². The summed E-state index contributed by atoms with van der Waals surface area (Å²) in [5.74, 6) is 0.940. The Balaban J connectivity index is 1.40. The number of ether oxygens (including phenoxy) is 2. The lowest BCUT2D eigenvalue weighted by molar-refractivity contribution is -0.149. The van der Waals surface area contributed by atoms with Gasteiger partial charge in [0.1, 0.15) is 17.5 Å². The van der Waals surface area contributed by atoms with Crippen molar-refractivity contribution in [2.24, 2.45) is 5.73 Å². The first-order chi connectivity index (χ1) is 14.2. The second-order valence-corrected chi connectivity index (χ2v) is 7.16. The van der Waals surface area contributed by atoms with Gasteiger partial charge < -0.3 is 20.2 Å². The zero-order chi connectivity index (χ0) is 19.8. The minimum absolute atomic E-state index is 0.398. The molecular formula is C24H20N2O3. The van der Waals surface area contributed by atoms with Crippen molar-refractivity contribution < 1.29 is 14.3 Å². The van der Waals surface area contributed by atoms with Gasteiger partial charge in [-0.2, -0.15) is 0 Å². The summed E-state index contributed by atoms with van der Waals surface area (Å²) >= 11 is 0. The highest BCUT2D eigenvalue weighted by Crippen LogP contribution is 2.44. The average Bonchev–Trinajstić information content (AvgIpc) is 3.16. The van der Waals surface area contributed by atoms with Crippen LogP contribution in [0, 0.1) is 0 Å². The molecule has 1 atom stereocenters. The SMILES string of the molecule is N[C@@H](Cc1c[nH]c2ccccc12)C(=O)OC1c2ccccc2Oc2ccccc21. The van der Waals surface area contributed by atoms with E-state index in [1.165, 1.54) is 0 Å². The largest absolute Gasteiger partial charge is 0.456 e. The van der Waals surface area contributed by atoms with Crippen molar-refractivity contribution in [1.29, 1.82) is 0 Å². The lowest BCUT2D eigenvalue weighted by Crippen LogP contribution is -2.35. The van der Waals surface area contributed by atoms with Gasteiger partial charge >= 0.3 is 5.97 Å². The van der Waals surface area contributed by atoms with Crippen LogP contribution in [0.3, 0.4) is 0 Å². The van der Waals surface area contributed by atoms with Gasteiger partial charge in [-0.1, -0.05) is 54.6 Å². The number of aromatic nitrogens is 1. The number of rotatable bonds is 4. The maximum absolute atomic E-state index is 12.9. The van der Waals surface area contributed by atoms with Crippen LogP contribution >= 0.6 is 0 Å². The van der Waals surface area contributed by atoms with E-state index >= 15 is 0 Å². The van der Waals surface area contributed by atoms with Gasteiger partial charge in [-0.25, -0.2) is 0 Å². The minimum atomic E-state index is -0.767. The Labute approximate surface area is 168 Å². The molecule has 1 aliphatic rings. The lowest BCUT2D eigenvalue weighted by Gasteiger charge is -2.28. The van der Waals surface area contributed by atoms with Crippen molar-refractivity contribution in [2.75, 3.05) is 0 Å². The molecule has 0 unspecified atom stereocenters. The van der Waals surface area contributed by atoms with Crippen molar-refractivity contribution in [3.63, 3.8) is 0 Å². The normalized spacial score (nSPS) is 14.0. The van der Waals surface area contributed by atoms with Gasteiger partial charge in [-0.3, -0.25) is 4.79 Å². The molecule has 0 amide bonds. The molecule has 5 heteroatoms. The van der Waals surface area contributed by atoms with Gasteiger partial charge in [0, 0.05) is 34.6 Å². The van der Waals surface area contributed by atoms with Crippen LogP contribution in [-0.4, -0.2) is 17.0 Å². The molecule has 0 aliphatic carbocycles. The second-order valence-electron chi connectivity index (χ2n) is 7.16. The van der Waals surface area contributed by atoms with Crippen LogP contribution in [0.4, 0.5) is 0 Å². The summed E-state index contributed by atoms with van der Waals surface area (Å²) in [6.45, 7) is 0. The third-order valence-electron chi connectivity index (χ3n) is 5.27. The predicted octanol–water partition coefficient (Wildman–Crippen LogP) is 4.48. The van der Waals surface area contributed by atoms with E-state index < -0.39 is 18.1 Å². The molecule has 0 fully saturated rings. The molecule has 0 saturated carbocycles. The third-order valence-corrected chi connectivity index (χ3v) is 5.27. The zero-order valence-electron chi connectivity index (χ0n) is 15.7. The molecule has 0 saturated heterocycles. The second kappa shape index (κ2) is 7.11. The van der Waals surface area contributed by atoms with Crippen molar-refractivity contribution in [3.8, 4) is 11.5 Å². The Hall–Kier alpha value is -3.57. The number of hydrogen-bond acceptors (Lipinski definition) is 4. The molecule has 1 aliphatic heterocycles. The van der Waals surface area contributed by atoms with Crippen LogP contribution in [0.25, 0.3) is 10.9 Å². The summed E-state index contributed by atoms with van der Waals surface area (Å²) in [4.78, 5) is 16.1. The standard InChI is InChI=1S/C24H20N2O3/c25-19(13-15-14-26-20-10-4-1-7-16(15)20)24(27)29-23-17-8-2-5-11-21(17)28-22-12-6-3-9-18(22)23/h1-12,14,19,23,26H,13,25H2/t19-/m0/s1. The quantitative estimate of drug-likeness (QED) is 0.509. The number of nitrogens with one attached hydrogen (secondary N) is 1. The molecule has 0 spiro atoms. The van der Waals surface area contributed by atoms with E-state index in [2.05, 4.69) is 4.98 Å². The van der Waals surface area contributed by atoms with Crippen LogP contribution < -0.4 is 10.5 Å². The fourth-order valence-electron chi connectivity index (χ4n) is 3.82. The smallest absolute Gasteiger partial charge is 0.324 e. The van der Waals surface area contributed by atoms with Gasteiger partial charge in [0.05, 0.1) is 0 Å². The zero-order valence-corrected chi connectivity index (χ0v) is 15.7. The number of carbonyl (C=O) groups excluding carboxylic acids is 1. The van der Waals surface area contributed by atoms with Crippen LogP contribution in [-0.2, 0) is 16.0 Å². The monoisotopic (exact) mass is 384 g/mol. The van der Waals surface area contributed by atoms with Crippen LogP contribution in [0.2, 0.25) is 0 Å². The van der Waals surface area contributed by atoms with Gasteiger partial charge in [-0.15, -0.1) is 0 Å². The van der Waals surface area contributed by atoms with E-state index in [1.54, 1.807) is 0 Å². The first-order valence-electron chi connectivity index (χ1n) is 9.57. The predicted molar refractivity (Wildman–Crippen MR) is 111 cm³/mol. The number of para-hydroxylation sites is 3. The molecule has 1 aromatic heterocycles. The summed E-state index contributed by atoms with van der Waals surface area (Å²) in [7, 11) is 0. The topological polar surface area (TPSA) is 77.3 Å². The van der Waals surface area contributed by atoms with Crippen molar-refractivity contribution >= 4 is 16.9 Å². The molecule has 0 radical (unpaired) electrons. The molecule has 2 heterocycles. The molecule has 3 aromatic carbocycles. The Kier molecular flexibility index (Phi) is 4.30. The number of benzene rings is 3. The Morgan fingerprint density at radius 1 is 0.966 bits per heavy atom. The van der Waals surface area contributed by atoms with E-state index in [0.29, 0.717) is 17.9 Å². The molecule has 144 valence electrons. The number of carbonyl (C=O) groups is 1. The van der Waals surface area contributed by atoms with Gasteiger partial charge in [0.15, 0.2) is 6.10 Å². The number of esters is 1. The van der Waals surface area contributed by atoms with Crippen LogP contribution in [0.1, 0.15) is 22.8 Å². The van der Waals surface area contributed by atoms with E-state index in [-0.39, 0.29) is 0 Å². The van der Waals surface area contributed by atoms with Crippen LogP contribution in [0.5, 0.6) is 11.5 Å². The number of hydrogen-bond donors (Lipinski definition) is 2. The van der Waals surface area contributed by atoms with Gasteiger partial charge in [0.25, 0.3) is 0 Å². The molecule has 5 rings (SSSR count). The molecule has 0 bridgehead atoms. The van der Waals surface area contributed by atoms with Crippen molar-refractivity contribution in [3.05, 3.63) is 95.7 Å². The highest BCUT2D eigenvalue weighted by Gasteiger charge is 2.31. The Bertz CT molecular complexity index is 1150. The maximum Gasteiger partial charge on any atom is 0.324 e. The fourth-order valence-corrected chi connectivity index (χ4v) is 3.82. The van der Waals surface area contributed by atoms with Crippen molar-refractivity contribution in [2.45, 2.75) is 18.6 Å². The molecule has 5 nitrogen and oxygen atoms in total. The summed E-state index contributed by atoms with van der Waals surface area (Å²) in [5, 5.41) is 1.07. The van der Waals surface area contributed by atoms with E-state index in [0.717, 1.165) is 27.6 Å². The van der Waals surface area contributed by atoms with Gasteiger partial charge in [-0.05, 0) is 23.8 Å². The summed E-state index contributed by atoms with van der Waals surface area (Å²) in [5.41, 5.74) is 9.90. The number of aromatic amines is 1. The highest BCUT2D eigenvalue weighted by atomic mass is 16.6. The Morgan fingerprint density at radius 2 is 1.59 bits per heavy atom. The maximum atomic E-state index is 12.9.